The van der Waals surface area contributed by atoms with E-state index in [1.54, 1.807) is 17.4 Å². The minimum Gasteiger partial charge on any atom is -0.308 e. The van der Waals surface area contributed by atoms with Crippen molar-refractivity contribution >= 4 is 39.1 Å². The van der Waals surface area contributed by atoms with Crippen molar-refractivity contribution in [3.63, 3.8) is 0 Å². The minimum atomic E-state index is 0.591. The molecule has 90 valence electrons. The van der Waals surface area contributed by atoms with Crippen molar-refractivity contribution in [2.75, 3.05) is 5.43 Å². The van der Waals surface area contributed by atoms with Crippen molar-refractivity contribution in [3.8, 4) is 0 Å². The second kappa shape index (κ2) is 4.89. The lowest BCUT2D eigenvalue weighted by atomic mass is 10.3. The highest BCUT2D eigenvalue weighted by Gasteiger charge is 2.06. The monoisotopic (exact) mass is 275 g/mol. The number of benzene rings is 1. The molecule has 0 amide bonds. The quantitative estimate of drug-likeness (QED) is 0.434. The topological polar surface area (TPSA) is 76.7 Å². The molecule has 3 N–H and O–H groups in total. The average molecular weight is 275 g/mol. The maximum atomic E-state index is 5.31. The summed E-state index contributed by atoms with van der Waals surface area (Å²) in [5, 5.41) is 0.817. The molecule has 0 saturated carbocycles. The summed E-state index contributed by atoms with van der Waals surface area (Å²) in [4.78, 5) is 12.7. The molecule has 3 aromatic rings. The Balaban J connectivity index is 1.91. The Hall–Kier alpha value is -1.70. The Bertz CT molecular complexity index is 649. The van der Waals surface area contributed by atoms with Crippen LogP contribution in [0.15, 0.2) is 46.0 Å². The fourth-order valence-electron chi connectivity index (χ4n) is 1.46. The van der Waals surface area contributed by atoms with Crippen LogP contribution in [-0.2, 0) is 0 Å². The number of nitrogen functional groups attached to an aromatic ring is 1. The Kier molecular flexibility index (Phi) is 3.09. The van der Waals surface area contributed by atoms with Gasteiger partial charge in [0.25, 0.3) is 0 Å². The van der Waals surface area contributed by atoms with Crippen molar-refractivity contribution in [3.05, 3.63) is 36.7 Å². The fraction of sp³-hybridized carbons (Fsp3) is 0. The molecule has 0 aliphatic carbocycles. The predicted octanol–water partition coefficient (Wildman–Crippen LogP) is 2.52. The van der Waals surface area contributed by atoms with E-state index in [-0.39, 0.29) is 0 Å². The van der Waals surface area contributed by atoms with Gasteiger partial charge >= 0.3 is 0 Å². The summed E-state index contributed by atoms with van der Waals surface area (Å²) in [6, 6.07) is 9.84. The number of nitrogens with one attached hydrogen (secondary N) is 1. The van der Waals surface area contributed by atoms with E-state index in [9.17, 15) is 0 Å². The van der Waals surface area contributed by atoms with Crippen LogP contribution in [-0.4, -0.2) is 15.0 Å². The predicted molar refractivity (Wildman–Crippen MR) is 73.6 cm³/mol. The van der Waals surface area contributed by atoms with Gasteiger partial charge in [0, 0.05) is 6.07 Å². The fourth-order valence-corrected chi connectivity index (χ4v) is 3.44. The zero-order chi connectivity index (χ0) is 12.4. The van der Waals surface area contributed by atoms with E-state index >= 15 is 0 Å². The van der Waals surface area contributed by atoms with Crippen molar-refractivity contribution in [2.24, 2.45) is 5.84 Å². The van der Waals surface area contributed by atoms with E-state index < -0.39 is 0 Å². The van der Waals surface area contributed by atoms with Crippen LogP contribution in [0.3, 0.4) is 0 Å². The number of nitrogens with zero attached hydrogens (tertiary/aromatic N) is 3. The molecule has 0 fully saturated rings. The first-order chi connectivity index (χ1) is 8.85. The SMILES string of the molecule is NNc1cc(Sc2nc3ccccc3s2)ncn1. The lowest BCUT2D eigenvalue weighted by molar-refractivity contribution is 1.04. The molecule has 0 atom stereocenters. The van der Waals surface area contributed by atoms with Gasteiger partial charge in [-0.25, -0.2) is 20.8 Å². The first-order valence-electron chi connectivity index (χ1n) is 5.17. The first-order valence-corrected chi connectivity index (χ1v) is 6.80. The molecule has 2 heterocycles. The van der Waals surface area contributed by atoms with E-state index in [0.717, 1.165) is 14.9 Å². The zero-order valence-corrected chi connectivity index (χ0v) is 10.8. The van der Waals surface area contributed by atoms with Gasteiger partial charge in [-0.1, -0.05) is 12.1 Å². The number of hydrogen-bond donors (Lipinski definition) is 2. The summed E-state index contributed by atoms with van der Waals surface area (Å²) >= 11 is 3.15. The lowest BCUT2D eigenvalue weighted by Crippen LogP contribution is -2.08. The Morgan fingerprint density at radius 2 is 2.11 bits per heavy atom. The molecule has 0 radical (unpaired) electrons. The molecule has 5 nitrogen and oxygen atoms in total. The average Bonchev–Trinajstić information content (AvgIpc) is 2.81. The summed E-state index contributed by atoms with van der Waals surface area (Å²) < 4.78 is 2.13. The number of fused-ring (bicyclic) bond motifs is 1. The van der Waals surface area contributed by atoms with E-state index in [1.165, 1.54) is 22.8 Å². The highest BCUT2D eigenvalue weighted by atomic mass is 32.2. The first kappa shape index (κ1) is 11.4. The van der Waals surface area contributed by atoms with Crippen LogP contribution < -0.4 is 11.3 Å². The number of thiazole rings is 1. The highest BCUT2D eigenvalue weighted by molar-refractivity contribution is 8.01. The van der Waals surface area contributed by atoms with E-state index in [2.05, 4.69) is 26.4 Å². The molecule has 18 heavy (non-hydrogen) atoms. The maximum absolute atomic E-state index is 5.31. The third-order valence-corrected chi connectivity index (χ3v) is 4.29. The van der Waals surface area contributed by atoms with Crippen LogP contribution in [0.2, 0.25) is 0 Å². The number of nitrogens with two attached hydrogens (primary N) is 1. The molecule has 1 aromatic carbocycles. The van der Waals surface area contributed by atoms with Gasteiger partial charge in [0.15, 0.2) is 4.34 Å². The van der Waals surface area contributed by atoms with Gasteiger partial charge in [0.05, 0.1) is 10.2 Å². The van der Waals surface area contributed by atoms with Crippen LogP contribution in [0, 0.1) is 0 Å². The number of aromatic nitrogens is 3. The lowest BCUT2D eigenvalue weighted by Gasteiger charge is -1.99. The molecule has 0 bridgehead atoms. The smallest absolute Gasteiger partial charge is 0.157 e. The van der Waals surface area contributed by atoms with Gasteiger partial charge in [-0.05, 0) is 23.9 Å². The molecule has 3 rings (SSSR count). The number of para-hydroxylation sites is 1. The molecule has 0 spiro atoms. The van der Waals surface area contributed by atoms with Gasteiger partial charge in [0.1, 0.15) is 17.2 Å². The molecule has 0 aliphatic rings. The van der Waals surface area contributed by atoms with Crippen LogP contribution in [0.4, 0.5) is 5.82 Å². The van der Waals surface area contributed by atoms with Gasteiger partial charge in [0.2, 0.25) is 0 Å². The van der Waals surface area contributed by atoms with E-state index in [1.807, 2.05) is 18.2 Å². The molecular weight excluding hydrogens is 266 g/mol. The van der Waals surface area contributed by atoms with Gasteiger partial charge < -0.3 is 5.43 Å². The molecule has 2 aromatic heterocycles. The highest BCUT2D eigenvalue weighted by Crippen LogP contribution is 2.33. The van der Waals surface area contributed by atoms with Crippen molar-refractivity contribution < 1.29 is 0 Å². The van der Waals surface area contributed by atoms with Crippen LogP contribution >= 0.6 is 23.1 Å². The molecule has 0 unspecified atom stereocenters. The van der Waals surface area contributed by atoms with Crippen LogP contribution in [0.25, 0.3) is 10.2 Å². The maximum Gasteiger partial charge on any atom is 0.157 e. The van der Waals surface area contributed by atoms with Gasteiger partial charge in [-0.15, -0.1) is 11.3 Å². The minimum absolute atomic E-state index is 0.591. The molecule has 7 heteroatoms. The number of anilines is 1. The summed E-state index contributed by atoms with van der Waals surface area (Å²) in [5.74, 6) is 5.90. The van der Waals surface area contributed by atoms with Gasteiger partial charge in [-0.3, -0.25) is 0 Å². The number of hydrogen-bond acceptors (Lipinski definition) is 7. The van der Waals surface area contributed by atoms with Crippen molar-refractivity contribution in [2.45, 2.75) is 9.37 Å². The number of hydrazine groups is 1. The van der Waals surface area contributed by atoms with Crippen LogP contribution in [0.1, 0.15) is 0 Å². The number of rotatable bonds is 3. The standard InChI is InChI=1S/C11H9N5S2/c12-16-9-5-10(14-6-13-9)18-11-15-7-3-1-2-4-8(7)17-11/h1-6H,12H2,(H,13,14,16). The molecular formula is C11H9N5S2. The van der Waals surface area contributed by atoms with Crippen molar-refractivity contribution in [1.82, 2.24) is 15.0 Å². The third-order valence-electron chi connectivity index (χ3n) is 2.26. The summed E-state index contributed by atoms with van der Waals surface area (Å²) in [6.45, 7) is 0. The van der Waals surface area contributed by atoms with Crippen molar-refractivity contribution in [1.29, 1.82) is 0 Å². The Morgan fingerprint density at radius 1 is 1.22 bits per heavy atom. The molecule has 0 aliphatic heterocycles. The van der Waals surface area contributed by atoms with E-state index in [0.29, 0.717) is 5.82 Å². The zero-order valence-electron chi connectivity index (χ0n) is 9.20. The summed E-state index contributed by atoms with van der Waals surface area (Å²) in [5.41, 5.74) is 3.51. The van der Waals surface area contributed by atoms with Crippen LogP contribution in [0.5, 0.6) is 0 Å². The second-order valence-electron chi connectivity index (χ2n) is 3.44. The largest absolute Gasteiger partial charge is 0.308 e. The second-order valence-corrected chi connectivity index (χ2v) is 5.73. The Labute approximate surface area is 111 Å². The van der Waals surface area contributed by atoms with E-state index in [4.69, 9.17) is 5.84 Å². The summed E-state index contributed by atoms with van der Waals surface area (Å²) in [7, 11) is 0. The van der Waals surface area contributed by atoms with Gasteiger partial charge in [-0.2, -0.15) is 0 Å². The Morgan fingerprint density at radius 3 is 2.94 bits per heavy atom. The molecule has 0 saturated heterocycles. The third kappa shape index (κ3) is 2.28. The summed E-state index contributed by atoms with van der Waals surface area (Å²) in [6.07, 6.45) is 1.48. The normalized spacial score (nSPS) is 10.7.